The van der Waals surface area contributed by atoms with Crippen molar-refractivity contribution in [2.75, 3.05) is 5.32 Å². The second-order valence-electron chi connectivity index (χ2n) is 4.98. The molecule has 0 spiro atoms. The van der Waals surface area contributed by atoms with Gasteiger partial charge in [-0.1, -0.05) is 18.2 Å². The summed E-state index contributed by atoms with van der Waals surface area (Å²) < 4.78 is 7.29. The van der Waals surface area contributed by atoms with Crippen molar-refractivity contribution >= 4 is 22.4 Å². The Morgan fingerprint density at radius 3 is 2.78 bits per heavy atom. The van der Waals surface area contributed by atoms with Crippen LogP contribution >= 0.6 is 11.3 Å². The topological polar surface area (TPSA) is 69.0 Å². The van der Waals surface area contributed by atoms with Crippen LogP contribution in [0, 0.1) is 6.92 Å². The maximum Gasteiger partial charge on any atom is 0.266 e. The number of carbonyl (C=O) groups excluding carboxylic acids is 1. The molecule has 0 aliphatic rings. The average Bonchev–Trinajstić information content (AvgIpc) is 3.17. The summed E-state index contributed by atoms with van der Waals surface area (Å²) in [6.45, 7) is 3.56. The molecule has 118 valence electrons. The number of amides is 1. The molecule has 0 saturated heterocycles. The van der Waals surface area contributed by atoms with Crippen molar-refractivity contribution in [2.24, 2.45) is 0 Å². The molecule has 0 aliphatic carbocycles. The lowest BCUT2D eigenvalue weighted by atomic mass is 10.3. The van der Waals surface area contributed by atoms with Gasteiger partial charge in [-0.25, -0.2) is 9.67 Å². The molecule has 0 saturated carbocycles. The summed E-state index contributed by atoms with van der Waals surface area (Å²) in [7, 11) is 0. The average molecular weight is 328 g/mol. The van der Waals surface area contributed by atoms with E-state index in [-0.39, 0.29) is 5.91 Å². The van der Waals surface area contributed by atoms with E-state index in [2.05, 4.69) is 15.4 Å². The van der Waals surface area contributed by atoms with Crippen LogP contribution in [0.1, 0.15) is 12.6 Å². The summed E-state index contributed by atoms with van der Waals surface area (Å²) in [5, 5.41) is 9.49. The van der Waals surface area contributed by atoms with Gasteiger partial charge in [0, 0.05) is 17.6 Å². The summed E-state index contributed by atoms with van der Waals surface area (Å²) in [4.78, 5) is 16.3. The Labute approximate surface area is 137 Å². The van der Waals surface area contributed by atoms with Gasteiger partial charge in [0.25, 0.3) is 5.91 Å². The number of aromatic nitrogens is 3. The minimum absolute atomic E-state index is 0.256. The third-order valence-electron chi connectivity index (χ3n) is 3.10. The zero-order valence-electron chi connectivity index (χ0n) is 12.8. The van der Waals surface area contributed by atoms with E-state index in [9.17, 15) is 4.79 Å². The van der Waals surface area contributed by atoms with Crippen LogP contribution in [0.3, 0.4) is 0 Å². The molecule has 1 unspecified atom stereocenters. The van der Waals surface area contributed by atoms with Crippen LogP contribution in [0.2, 0.25) is 0 Å². The van der Waals surface area contributed by atoms with Crippen LogP contribution < -0.4 is 10.1 Å². The molecule has 1 amide bonds. The van der Waals surface area contributed by atoms with Gasteiger partial charge in [0.05, 0.1) is 11.4 Å². The molecule has 0 fully saturated rings. The Morgan fingerprint density at radius 1 is 1.30 bits per heavy atom. The van der Waals surface area contributed by atoms with Gasteiger partial charge in [-0.15, -0.1) is 16.4 Å². The number of hydrogen-bond acceptors (Lipinski definition) is 5. The van der Waals surface area contributed by atoms with E-state index >= 15 is 0 Å². The maximum atomic E-state index is 12.1. The summed E-state index contributed by atoms with van der Waals surface area (Å²) in [5.74, 6) is 0.139. The second kappa shape index (κ2) is 6.62. The highest BCUT2D eigenvalue weighted by Gasteiger charge is 2.17. The van der Waals surface area contributed by atoms with E-state index in [4.69, 9.17) is 4.74 Å². The molecule has 1 aromatic carbocycles. The first-order valence-corrected chi connectivity index (χ1v) is 8.00. The van der Waals surface area contributed by atoms with Crippen LogP contribution in [-0.2, 0) is 4.79 Å². The SMILES string of the molecule is Cc1csc(NC(=O)C(C)Oc2ccn(-c3ccccc3)n2)n1. The number of nitrogens with zero attached hydrogens (tertiary/aromatic N) is 3. The number of ether oxygens (including phenoxy) is 1. The fourth-order valence-electron chi connectivity index (χ4n) is 1.95. The number of para-hydroxylation sites is 1. The summed E-state index contributed by atoms with van der Waals surface area (Å²) in [6.07, 6.45) is 1.12. The molecule has 6 nitrogen and oxygen atoms in total. The van der Waals surface area contributed by atoms with Gasteiger partial charge < -0.3 is 4.74 Å². The molecule has 1 N–H and O–H groups in total. The van der Waals surface area contributed by atoms with E-state index in [0.717, 1.165) is 11.4 Å². The molecule has 23 heavy (non-hydrogen) atoms. The number of anilines is 1. The highest BCUT2D eigenvalue weighted by Crippen LogP contribution is 2.16. The summed E-state index contributed by atoms with van der Waals surface area (Å²) in [6, 6.07) is 11.4. The van der Waals surface area contributed by atoms with Gasteiger partial charge in [-0.3, -0.25) is 10.1 Å². The molecular weight excluding hydrogens is 312 g/mol. The quantitative estimate of drug-likeness (QED) is 0.781. The lowest BCUT2D eigenvalue weighted by Crippen LogP contribution is -2.30. The third kappa shape index (κ3) is 3.75. The van der Waals surface area contributed by atoms with Gasteiger partial charge in [0.1, 0.15) is 0 Å². The molecule has 3 aromatic rings. The van der Waals surface area contributed by atoms with Gasteiger partial charge in [-0.2, -0.15) is 0 Å². The van der Waals surface area contributed by atoms with Crippen molar-refractivity contribution < 1.29 is 9.53 Å². The molecule has 0 bridgehead atoms. The molecule has 0 aliphatic heterocycles. The Hall–Kier alpha value is -2.67. The monoisotopic (exact) mass is 328 g/mol. The van der Waals surface area contributed by atoms with E-state index in [1.807, 2.05) is 42.6 Å². The summed E-state index contributed by atoms with van der Waals surface area (Å²) in [5.41, 5.74) is 1.80. The first-order chi connectivity index (χ1) is 11.1. The highest BCUT2D eigenvalue weighted by atomic mass is 32.1. The Kier molecular flexibility index (Phi) is 4.38. The van der Waals surface area contributed by atoms with Crippen LogP contribution in [0.25, 0.3) is 5.69 Å². The first kappa shape index (κ1) is 15.2. The number of thiazole rings is 1. The minimum Gasteiger partial charge on any atom is -0.463 e. The molecule has 3 rings (SSSR count). The van der Waals surface area contributed by atoms with Gasteiger partial charge in [-0.05, 0) is 26.0 Å². The molecule has 1 atom stereocenters. The predicted molar refractivity (Wildman–Crippen MR) is 89.1 cm³/mol. The maximum absolute atomic E-state index is 12.1. The van der Waals surface area contributed by atoms with E-state index in [1.165, 1.54) is 11.3 Å². The number of benzene rings is 1. The zero-order valence-corrected chi connectivity index (χ0v) is 13.6. The predicted octanol–water partition coefficient (Wildman–Crippen LogP) is 3.04. The van der Waals surface area contributed by atoms with Crippen molar-refractivity contribution in [1.29, 1.82) is 0 Å². The lowest BCUT2D eigenvalue weighted by Gasteiger charge is -2.11. The number of rotatable bonds is 5. The van der Waals surface area contributed by atoms with Gasteiger partial charge >= 0.3 is 0 Å². The fraction of sp³-hybridized carbons (Fsp3) is 0.188. The lowest BCUT2D eigenvalue weighted by molar-refractivity contribution is -0.122. The Morgan fingerprint density at radius 2 is 2.09 bits per heavy atom. The number of aryl methyl sites for hydroxylation is 1. The zero-order chi connectivity index (χ0) is 16.2. The second-order valence-corrected chi connectivity index (χ2v) is 5.84. The van der Waals surface area contributed by atoms with Crippen LogP contribution in [0.4, 0.5) is 5.13 Å². The number of nitrogens with one attached hydrogen (secondary N) is 1. The standard InChI is InChI=1S/C16H16N4O2S/c1-11-10-23-16(17-11)18-15(21)12(2)22-14-8-9-20(19-14)13-6-4-3-5-7-13/h3-10,12H,1-2H3,(H,17,18,21). The van der Waals surface area contributed by atoms with Gasteiger partial charge in [0.2, 0.25) is 5.88 Å². The van der Waals surface area contributed by atoms with Crippen molar-refractivity contribution in [2.45, 2.75) is 20.0 Å². The molecule has 2 aromatic heterocycles. The van der Waals surface area contributed by atoms with Gasteiger partial charge in [0.15, 0.2) is 11.2 Å². The fourth-order valence-corrected chi connectivity index (χ4v) is 2.64. The molecular formula is C16H16N4O2S. The normalized spacial score (nSPS) is 11.9. The molecule has 7 heteroatoms. The minimum atomic E-state index is -0.668. The van der Waals surface area contributed by atoms with Crippen molar-refractivity contribution in [1.82, 2.24) is 14.8 Å². The van der Waals surface area contributed by atoms with E-state index in [1.54, 1.807) is 23.9 Å². The van der Waals surface area contributed by atoms with Crippen LogP contribution in [-0.4, -0.2) is 26.8 Å². The van der Waals surface area contributed by atoms with Crippen LogP contribution in [0.15, 0.2) is 48.0 Å². The number of carbonyl (C=O) groups is 1. The first-order valence-electron chi connectivity index (χ1n) is 7.12. The van der Waals surface area contributed by atoms with E-state index in [0.29, 0.717) is 11.0 Å². The molecule has 2 heterocycles. The van der Waals surface area contributed by atoms with E-state index < -0.39 is 6.10 Å². The smallest absolute Gasteiger partial charge is 0.266 e. The Balaban J connectivity index is 1.62. The Bertz CT molecular complexity index is 797. The third-order valence-corrected chi connectivity index (χ3v) is 3.98. The highest BCUT2D eigenvalue weighted by molar-refractivity contribution is 7.13. The summed E-state index contributed by atoms with van der Waals surface area (Å²) >= 11 is 1.38. The van der Waals surface area contributed by atoms with Crippen LogP contribution in [0.5, 0.6) is 5.88 Å². The van der Waals surface area contributed by atoms with Crippen molar-refractivity contribution in [3.05, 3.63) is 53.7 Å². The van der Waals surface area contributed by atoms with Crippen molar-refractivity contribution in [3.8, 4) is 11.6 Å². The number of hydrogen-bond donors (Lipinski definition) is 1. The molecule has 0 radical (unpaired) electrons. The van der Waals surface area contributed by atoms with Crippen molar-refractivity contribution in [3.63, 3.8) is 0 Å². The largest absolute Gasteiger partial charge is 0.463 e.